The van der Waals surface area contributed by atoms with Crippen LogP contribution >= 0.6 is 11.3 Å². The van der Waals surface area contributed by atoms with Gasteiger partial charge < -0.3 is 5.32 Å². The molecule has 0 saturated heterocycles. The summed E-state index contributed by atoms with van der Waals surface area (Å²) in [6, 6.07) is 2.18. The third-order valence-corrected chi connectivity index (χ3v) is 4.03. The highest BCUT2D eigenvalue weighted by molar-refractivity contribution is 7.09. The summed E-state index contributed by atoms with van der Waals surface area (Å²) in [5.74, 6) is -0.278. The summed E-state index contributed by atoms with van der Waals surface area (Å²) in [6.07, 6.45) is 7.14. The molecular weight excluding hydrogens is 258 g/mol. The van der Waals surface area contributed by atoms with Crippen molar-refractivity contribution in [1.29, 1.82) is 5.26 Å². The molecule has 100 valence electrons. The van der Waals surface area contributed by atoms with E-state index in [2.05, 4.69) is 10.3 Å². The largest absolute Gasteiger partial charge is 0.349 e. The fraction of sp³-hybridized carbons (Fsp3) is 0.500. The summed E-state index contributed by atoms with van der Waals surface area (Å²) in [5.41, 5.74) is 0.814. The van der Waals surface area contributed by atoms with Crippen molar-refractivity contribution in [1.82, 2.24) is 10.3 Å². The fourth-order valence-corrected chi connectivity index (χ4v) is 2.82. The van der Waals surface area contributed by atoms with Crippen molar-refractivity contribution >= 4 is 23.3 Å². The number of nitriles is 1. The molecule has 0 aliphatic heterocycles. The smallest absolute Gasteiger partial charge is 0.262 e. The van der Waals surface area contributed by atoms with Crippen LogP contribution in [0.2, 0.25) is 0 Å². The predicted octanol–water partition coefficient (Wildman–Crippen LogP) is 2.81. The van der Waals surface area contributed by atoms with E-state index in [-0.39, 0.29) is 17.5 Å². The molecule has 0 radical (unpaired) electrons. The normalized spacial score (nSPS) is 16.9. The van der Waals surface area contributed by atoms with E-state index in [1.807, 2.05) is 18.4 Å². The second-order valence-corrected chi connectivity index (χ2v) is 5.83. The lowest BCUT2D eigenvalue weighted by molar-refractivity contribution is -0.117. The molecule has 1 N–H and O–H groups in total. The van der Waals surface area contributed by atoms with Crippen LogP contribution in [0.5, 0.6) is 0 Å². The highest BCUT2D eigenvalue weighted by atomic mass is 32.1. The Kier molecular flexibility index (Phi) is 4.69. The van der Waals surface area contributed by atoms with Gasteiger partial charge in [-0.1, -0.05) is 19.3 Å². The standard InChI is InChI=1S/C14H17N3OS/c1-10-16-13(9-19-10)7-11(8-15)14(18)17-12-5-3-2-4-6-12/h7,9,12H,2-6H2,1H3,(H,17,18)/b11-7+. The summed E-state index contributed by atoms with van der Waals surface area (Å²) in [6.45, 7) is 1.90. The van der Waals surface area contributed by atoms with Gasteiger partial charge in [0.2, 0.25) is 0 Å². The zero-order valence-corrected chi connectivity index (χ0v) is 11.8. The quantitative estimate of drug-likeness (QED) is 0.681. The van der Waals surface area contributed by atoms with Crippen molar-refractivity contribution < 1.29 is 4.79 Å². The Labute approximate surface area is 117 Å². The first kappa shape index (κ1) is 13.8. The number of hydrogen-bond acceptors (Lipinski definition) is 4. The molecule has 1 aromatic rings. The first-order valence-electron chi connectivity index (χ1n) is 6.54. The van der Waals surface area contributed by atoms with Crippen LogP contribution in [0.4, 0.5) is 0 Å². The zero-order valence-electron chi connectivity index (χ0n) is 11.0. The number of hydrogen-bond donors (Lipinski definition) is 1. The van der Waals surface area contributed by atoms with Gasteiger partial charge in [-0.15, -0.1) is 11.3 Å². The van der Waals surface area contributed by atoms with Crippen LogP contribution < -0.4 is 5.32 Å². The van der Waals surface area contributed by atoms with Crippen LogP contribution in [0.3, 0.4) is 0 Å². The minimum Gasteiger partial charge on any atom is -0.349 e. The Hall–Kier alpha value is -1.67. The Morgan fingerprint density at radius 3 is 2.84 bits per heavy atom. The third-order valence-electron chi connectivity index (χ3n) is 3.23. The van der Waals surface area contributed by atoms with Gasteiger partial charge in [-0.05, 0) is 25.8 Å². The maximum Gasteiger partial charge on any atom is 0.262 e. The molecule has 19 heavy (non-hydrogen) atoms. The summed E-state index contributed by atoms with van der Waals surface area (Å²) in [4.78, 5) is 16.3. The van der Waals surface area contributed by atoms with Crippen LogP contribution in [-0.4, -0.2) is 16.9 Å². The molecule has 0 atom stereocenters. The molecule has 2 rings (SSSR count). The van der Waals surface area contributed by atoms with Gasteiger partial charge in [-0.25, -0.2) is 4.98 Å². The van der Waals surface area contributed by atoms with Crippen LogP contribution in [-0.2, 0) is 4.79 Å². The topological polar surface area (TPSA) is 65.8 Å². The van der Waals surface area contributed by atoms with Gasteiger partial charge in [-0.2, -0.15) is 5.26 Å². The Bertz CT molecular complexity index is 521. The van der Waals surface area contributed by atoms with Crippen LogP contribution in [0.1, 0.15) is 42.8 Å². The number of nitrogens with one attached hydrogen (secondary N) is 1. The van der Waals surface area contributed by atoms with Crippen molar-refractivity contribution in [3.63, 3.8) is 0 Å². The molecule has 1 saturated carbocycles. The summed E-state index contributed by atoms with van der Waals surface area (Å²) < 4.78 is 0. The lowest BCUT2D eigenvalue weighted by atomic mass is 9.95. The van der Waals surface area contributed by atoms with Gasteiger partial charge in [0.1, 0.15) is 11.6 Å². The third kappa shape index (κ3) is 3.90. The van der Waals surface area contributed by atoms with Crippen LogP contribution in [0, 0.1) is 18.3 Å². The van der Waals surface area contributed by atoms with E-state index in [1.165, 1.54) is 17.8 Å². The molecule has 5 heteroatoms. The molecule has 0 aromatic carbocycles. The van der Waals surface area contributed by atoms with Gasteiger partial charge >= 0.3 is 0 Å². The summed E-state index contributed by atoms with van der Waals surface area (Å²) in [7, 11) is 0. The predicted molar refractivity (Wildman–Crippen MR) is 75.5 cm³/mol. The molecule has 1 amide bonds. The first-order valence-corrected chi connectivity index (χ1v) is 7.42. The van der Waals surface area contributed by atoms with E-state index in [9.17, 15) is 4.79 Å². The van der Waals surface area contributed by atoms with Gasteiger partial charge in [0.15, 0.2) is 0 Å². The maximum atomic E-state index is 12.0. The fourth-order valence-electron chi connectivity index (χ4n) is 2.25. The monoisotopic (exact) mass is 275 g/mol. The second kappa shape index (κ2) is 6.48. The van der Waals surface area contributed by atoms with Crippen LogP contribution in [0.25, 0.3) is 6.08 Å². The highest BCUT2D eigenvalue weighted by Crippen LogP contribution is 2.18. The number of rotatable bonds is 3. The Morgan fingerprint density at radius 1 is 1.53 bits per heavy atom. The molecule has 0 spiro atoms. The SMILES string of the molecule is Cc1nc(/C=C(\C#N)C(=O)NC2CCCCC2)cs1. The minimum absolute atomic E-state index is 0.135. The molecule has 1 fully saturated rings. The molecule has 1 aromatic heterocycles. The molecule has 1 aliphatic carbocycles. The second-order valence-electron chi connectivity index (χ2n) is 4.77. The molecule has 1 heterocycles. The average molecular weight is 275 g/mol. The van der Waals surface area contributed by atoms with Crippen molar-refractivity contribution in [2.75, 3.05) is 0 Å². The number of aromatic nitrogens is 1. The lowest BCUT2D eigenvalue weighted by Crippen LogP contribution is -2.36. The van der Waals surface area contributed by atoms with Crippen molar-refractivity contribution in [2.45, 2.75) is 45.1 Å². The number of carbonyl (C=O) groups excluding carboxylic acids is 1. The number of aryl methyl sites for hydroxylation is 1. The number of carbonyl (C=O) groups is 1. The summed E-state index contributed by atoms with van der Waals surface area (Å²) >= 11 is 1.51. The Morgan fingerprint density at radius 2 is 2.26 bits per heavy atom. The Balaban J connectivity index is 2.02. The number of amides is 1. The molecular formula is C14H17N3OS. The highest BCUT2D eigenvalue weighted by Gasteiger charge is 2.18. The summed E-state index contributed by atoms with van der Waals surface area (Å²) in [5, 5.41) is 14.8. The zero-order chi connectivity index (χ0) is 13.7. The molecule has 1 aliphatic rings. The minimum atomic E-state index is -0.278. The van der Waals surface area contributed by atoms with Gasteiger partial charge in [0.05, 0.1) is 10.7 Å². The number of thiazole rings is 1. The number of nitrogens with zero attached hydrogens (tertiary/aromatic N) is 2. The van der Waals surface area contributed by atoms with Gasteiger partial charge in [-0.3, -0.25) is 4.79 Å². The molecule has 0 unspecified atom stereocenters. The molecule has 4 nitrogen and oxygen atoms in total. The van der Waals surface area contributed by atoms with Gasteiger partial charge in [0.25, 0.3) is 5.91 Å². The van der Waals surface area contributed by atoms with E-state index >= 15 is 0 Å². The maximum absolute atomic E-state index is 12.0. The average Bonchev–Trinajstić information content (AvgIpc) is 2.82. The first-order chi connectivity index (χ1) is 9.19. The van der Waals surface area contributed by atoms with Crippen LogP contribution in [0.15, 0.2) is 11.0 Å². The van der Waals surface area contributed by atoms with E-state index in [4.69, 9.17) is 5.26 Å². The van der Waals surface area contributed by atoms with Gasteiger partial charge in [0, 0.05) is 11.4 Å². The van der Waals surface area contributed by atoms with E-state index in [0.29, 0.717) is 5.69 Å². The van der Waals surface area contributed by atoms with Crippen molar-refractivity contribution in [2.24, 2.45) is 0 Å². The van der Waals surface area contributed by atoms with E-state index < -0.39 is 0 Å². The van der Waals surface area contributed by atoms with E-state index in [1.54, 1.807) is 6.08 Å². The lowest BCUT2D eigenvalue weighted by Gasteiger charge is -2.22. The van der Waals surface area contributed by atoms with Crippen molar-refractivity contribution in [3.05, 3.63) is 21.7 Å². The van der Waals surface area contributed by atoms with Crippen molar-refractivity contribution in [3.8, 4) is 6.07 Å². The molecule has 0 bridgehead atoms. The van der Waals surface area contributed by atoms with E-state index in [0.717, 1.165) is 30.7 Å².